The number of anilines is 1. The summed E-state index contributed by atoms with van der Waals surface area (Å²) in [4.78, 5) is 4.49. The second kappa shape index (κ2) is 4.41. The first-order valence-corrected chi connectivity index (χ1v) is 5.35. The van der Waals surface area contributed by atoms with Crippen LogP contribution in [0.3, 0.4) is 0 Å². The zero-order chi connectivity index (χ0) is 10.3. The van der Waals surface area contributed by atoms with Crippen molar-refractivity contribution in [3.8, 4) is 0 Å². The van der Waals surface area contributed by atoms with Crippen molar-refractivity contribution < 1.29 is 0 Å². The SMILES string of the molecule is CCc1nc2c(C)cc(Br)cn2c1N.Cl. The van der Waals surface area contributed by atoms with Crippen molar-refractivity contribution in [1.82, 2.24) is 9.38 Å². The Labute approximate surface area is 103 Å². The fraction of sp³-hybridized carbons (Fsp3) is 0.300. The molecule has 0 saturated heterocycles. The molecule has 82 valence electrons. The van der Waals surface area contributed by atoms with Gasteiger partial charge in [0.25, 0.3) is 0 Å². The number of nitrogens with zero attached hydrogens (tertiary/aromatic N) is 2. The van der Waals surface area contributed by atoms with Crippen LogP contribution in [0.5, 0.6) is 0 Å². The van der Waals surface area contributed by atoms with Crippen LogP contribution in [0.2, 0.25) is 0 Å². The average Bonchev–Trinajstić information content (AvgIpc) is 2.44. The predicted molar refractivity (Wildman–Crippen MR) is 68.7 cm³/mol. The Kier molecular flexibility index (Phi) is 3.62. The molecule has 0 aromatic carbocycles. The Morgan fingerprint density at radius 2 is 2.20 bits per heavy atom. The van der Waals surface area contributed by atoms with Gasteiger partial charge in [-0.3, -0.25) is 4.40 Å². The second-order valence-corrected chi connectivity index (χ2v) is 4.25. The summed E-state index contributed by atoms with van der Waals surface area (Å²) in [5.41, 5.74) is 9.01. The molecule has 0 spiro atoms. The van der Waals surface area contributed by atoms with E-state index in [-0.39, 0.29) is 12.4 Å². The smallest absolute Gasteiger partial charge is 0.141 e. The lowest BCUT2D eigenvalue weighted by Gasteiger charge is -2.00. The Morgan fingerprint density at radius 3 is 2.80 bits per heavy atom. The van der Waals surface area contributed by atoms with Crippen LogP contribution in [-0.4, -0.2) is 9.38 Å². The predicted octanol–water partition coefficient (Wildman–Crippen LogP) is 2.97. The number of aryl methyl sites for hydroxylation is 2. The first-order chi connectivity index (χ1) is 6.63. The molecule has 0 aliphatic heterocycles. The van der Waals surface area contributed by atoms with E-state index in [1.165, 1.54) is 0 Å². The summed E-state index contributed by atoms with van der Waals surface area (Å²) in [7, 11) is 0. The fourth-order valence-corrected chi connectivity index (χ4v) is 2.14. The third kappa shape index (κ3) is 1.96. The summed E-state index contributed by atoms with van der Waals surface area (Å²) in [6.45, 7) is 4.09. The minimum Gasteiger partial charge on any atom is -0.383 e. The number of pyridine rings is 1. The Balaban J connectivity index is 0.00000112. The lowest BCUT2D eigenvalue weighted by molar-refractivity contribution is 1.07. The standard InChI is InChI=1S/C10H12BrN3.ClH/c1-3-8-9(12)14-5-7(11)4-6(2)10(14)13-8;/h4-5H,3,12H2,1-2H3;1H. The van der Waals surface area contributed by atoms with E-state index < -0.39 is 0 Å². The zero-order valence-electron chi connectivity index (χ0n) is 8.62. The molecule has 3 nitrogen and oxygen atoms in total. The van der Waals surface area contributed by atoms with Crippen LogP contribution in [0.4, 0.5) is 5.82 Å². The molecule has 0 aliphatic carbocycles. The molecule has 0 fully saturated rings. The number of halogens is 2. The lowest BCUT2D eigenvalue weighted by Crippen LogP contribution is -1.95. The maximum Gasteiger partial charge on any atom is 0.141 e. The van der Waals surface area contributed by atoms with Crippen LogP contribution in [0.25, 0.3) is 5.65 Å². The van der Waals surface area contributed by atoms with Crippen molar-refractivity contribution >= 4 is 39.8 Å². The van der Waals surface area contributed by atoms with Gasteiger partial charge in [-0.2, -0.15) is 0 Å². The average molecular weight is 291 g/mol. The van der Waals surface area contributed by atoms with Gasteiger partial charge in [0, 0.05) is 10.7 Å². The minimum atomic E-state index is 0. The maximum atomic E-state index is 5.97. The summed E-state index contributed by atoms with van der Waals surface area (Å²) in [6.07, 6.45) is 2.81. The number of aromatic nitrogens is 2. The van der Waals surface area contributed by atoms with Crippen LogP contribution in [0, 0.1) is 6.92 Å². The number of rotatable bonds is 1. The third-order valence-corrected chi connectivity index (χ3v) is 2.75. The Hall–Kier alpha value is -0.740. The normalized spacial score (nSPS) is 10.3. The van der Waals surface area contributed by atoms with E-state index in [4.69, 9.17) is 5.73 Å². The van der Waals surface area contributed by atoms with Gasteiger partial charge in [0.2, 0.25) is 0 Å². The second-order valence-electron chi connectivity index (χ2n) is 3.33. The maximum absolute atomic E-state index is 5.97. The Bertz CT molecular complexity index is 493. The minimum absolute atomic E-state index is 0. The van der Waals surface area contributed by atoms with Crippen molar-refractivity contribution in [2.75, 3.05) is 5.73 Å². The highest BCUT2D eigenvalue weighted by atomic mass is 79.9. The Morgan fingerprint density at radius 1 is 1.53 bits per heavy atom. The van der Waals surface area contributed by atoms with Crippen molar-refractivity contribution in [3.63, 3.8) is 0 Å². The van der Waals surface area contributed by atoms with Crippen LogP contribution in [-0.2, 0) is 6.42 Å². The van der Waals surface area contributed by atoms with E-state index in [0.29, 0.717) is 0 Å². The molecule has 0 bridgehead atoms. The highest BCUT2D eigenvalue weighted by Crippen LogP contribution is 2.22. The zero-order valence-corrected chi connectivity index (χ0v) is 11.0. The van der Waals surface area contributed by atoms with Crippen molar-refractivity contribution in [2.24, 2.45) is 0 Å². The summed E-state index contributed by atoms with van der Waals surface area (Å²) in [5, 5.41) is 0. The van der Waals surface area contributed by atoms with Crippen LogP contribution < -0.4 is 5.73 Å². The quantitative estimate of drug-likeness (QED) is 0.877. The molecule has 0 saturated carbocycles. The van der Waals surface area contributed by atoms with Gasteiger partial charge in [-0.15, -0.1) is 12.4 Å². The molecular formula is C10H13BrClN3. The molecule has 2 rings (SSSR count). The first kappa shape index (κ1) is 12.3. The molecule has 2 aromatic rings. The van der Waals surface area contributed by atoms with Gasteiger partial charge in [0.05, 0.1) is 5.69 Å². The molecule has 0 unspecified atom stereocenters. The molecule has 2 aromatic heterocycles. The van der Waals surface area contributed by atoms with E-state index in [2.05, 4.69) is 27.8 Å². The number of fused-ring (bicyclic) bond motifs is 1. The summed E-state index contributed by atoms with van der Waals surface area (Å²) in [5.74, 6) is 0.743. The number of nitrogens with two attached hydrogens (primary N) is 1. The van der Waals surface area contributed by atoms with Crippen LogP contribution in [0.1, 0.15) is 18.2 Å². The lowest BCUT2D eigenvalue weighted by atomic mass is 10.3. The van der Waals surface area contributed by atoms with Gasteiger partial charge < -0.3 is 5.73 Å². The summed E-state index contributed by atoms with van der Waals surface area (Å²) < 4.78 is 2.95. The molecule has 5 heteroatoms. The highest BCUT2D eigenvalue weighted by molar-refractivity contribution is 9.10. The van der Waals surface area contributed by atoms with Gasteiger partial charge in [0.1, 0.15) is 11.5 Å². The molecule has 0 aliphatic rings. The largest absolute Gasteiger partial charge is 0.383 e. The van der Waals surface area contributed by atoms with Crippen LogP contribution in [0.15, 0.2) is 16.7 Å². The number of imidazole rings is 1. The van der Waals surface area contributed by atoms with Gasteiger partial charge in [-0.1, -0.05) is 6.92 Å². The number of nitrogen functional groups attached to an aromatic ring is 1. The number of hydrogen-bond acceptors (Lipinski definition) is 2. The molecular weight excluding hydrogens is 277 g/mol. The van der Waals surface area contributed by atoms with E-state index in [0.717, 1.165) is 33.6 Å². The van der Waals surface area contributed by atoms with E-state index in [9.17, 15) is 0 Å². The van der Waals surface area contributed by atoms with Gasteiger partial charge >= 0.3 is 0 Å². The monoisotopic (exact) mass is 289 g/mol. The van der Waals surface area contributed by atoms with Crippen LogP contribution >= 0.6 is 28.3 Å². The van der Waals surface area contributed by atoms with E-state index >= 15 is 0 Å². The van der Waals surface area contributed by atoms with E-state index in [1.807, 2.05) is 23.6 Å². The molecule has 2 N–H and O–H groups in total. The molecule has 0 atom stereocenters. The van der Waals surface area contributed by atoms with Crippen molar-refractivity contribution in [2.45, 2.75) is 20.3 Å². The molecule has 2 heterocycles. The first-order valence-electron chi connectivity index (χ1n) is 4.56. The highest BCUT2D eigenvalue weighted by Gasteiger charge is 2.09. The fourth-order valence-electron chi connectivity index (χ4n) is 1.59. The summed E-state index contributed by atoms with van der Waals surface area (Å²) >= 11 is 3.44. The van der Waals surface area contributed by atoms with E-state index in [1.54, 1.807) is 0 Å². The molecule has 15 heavy (non-hydrogen) atoms. The van der Waals surface area contributed by atoms with Gasteiger partial charge in [0.15, 0.2) is 0 Å². The third-order valence-electron chi connectivity index (χ3n) is 2.32. The number of hydrogen-bond donors (Lipinski definition) is 1. The van der Waals surface area contributed by atoms with Gasteiger partial charge in [-0.05, 0) is 40.9 Å². The topological polar surface area (TPSA) is 43.3 Å². The molecule has 0 amide bonds. The van der Waals surface area contributed by atoms with Crippen molar-refractivity contribution in [1.29, 1.82) is 0 Å². The molecule has 0 radical (unpaired) electrons. The van der Waals surface area contributed by atoms with Crippen molar-refractivity contribution in [3.05, 3.63) is 28.0 Å². The summed E-state index contributed by atoms with van der Waals surface area (Å²) in [6, 6.07) is 2.04. The van der Waals surface area contributed by atoms with Gasteiger partial charge in [-0.25, -0.2) is 4.98 Å².